The van der Waals surface area contributed by atoms with Gasteiger partial charge in [-0.3, -0.25) is 0 Å². The maximum absolute atomic E-state index is 14.1. The highest BCUT2D eigenvalue weighted by Gasteiger charge is 2.17. The topological polar surface area (TPSA) is 51.8 Å². The molecule has 1 aromatic heterocycles. The third-order valence-electron chi connectivity index (χ3n) is 3.25. The lowest BCUT2D eigenvalue weighted by atomic mass is 10.0. The quantitative estimate of drug-likeness (QED) is 0.737. The number of fused-ring (bicyclic) bond motifs is 1. The molecule has 0 spiro atoms. The van der Waals surface area contributed by atoms with E-state index in [2.05, 4.69) is 10.2 Å². The van der Waals surface area contributed by atoms with Gasteiger partial charge in [-0.05, 0) is 18.6 Å². The molecule has 3 nitrogen and oxygen atoms in total. The summed E-state index contributed by atoms with van der Waals surface area (Å²) < 4.78 is 27.8. The van der Waals surface area contributed by atoms with Crippen LogP contribution in [-0.4, -0.2) is 10.2 Å². The summed E-state index contributed by atoms with van der Waals surface area (Å²) in [7, 11) is 0. The average Bonchev–Trinajstić information content (AvgIpc) is 2.47. The highest BCUT2D eigenvalue weighted by atomic mass is 19.2. The third kappa shape index (κ3) is 1.79. The molecule has 0 atom stereocenters. The SMILES string of the molecule is Cc1ccc(-c2nnc(N)c3ccccc23)c(F)c1F. The Kier molecular flexibility index (Phi) is 2.82. The summed E-state index contributed by atoms with van der Waals surface area (Å²) in [5, 5.41) is 9.05. The summed E-state index contributed by atoms with van der Waals surface area (Å²) in [4.78, 5) is 0. The van der Waals surface area contributed by atoms with Crippen LogP contribution in [0.4, 0.5) is 14.6 Å². The fourth-order valence-electron chi connectivity index (χ4n) is 2.15. The second-order valence-corrected chi connectivity index (χ2v) is 4.54. The molecule has 1 heterocycles. The molecule has 100 valence electrons. The first kappa shape index (κ1) is 12.5. The first-order valence-electron chi connectivity index (χ1n) is 6.05. The molecule has 3 rings (SSSR count). The van der Waals surface area contributed by atoms with Crippen molar-refractivity contribution in [1.82, 2.24) is 10.2 Å². The minimum absolute atomic E-state index is 0.0804. The molecule has 0 saturated carbocycles. The molecule has 0 aliphatic rings. The predicted octanol–water partition coefficient (Wildman–Crippen LogP) is 3.47. The number of nitrogens with two attached hydrogens (primary N) is 1. The average molecular weight is 271 g/mol. The summed E-state index contributed by atoms with van der Waals surface area (Å²) in [6, 6.07) is 10.1. The molecule has 20 heavy (non-hydrogen) atoms. The van der Waals surface area contributed by atoms with Crippen LogP contribution in [0.15, 0.2) is 36.4 Å². The van der Waals surface area contributed by atoms with Crippen LogP contribution in [0.5, 0.6) is 0 Å². The molecule has 2 N–H and O–H groups in total. The van der Waals surface area contributed by atoms with Gasteiger partial charge in [0, 0.05) is 16.3 Å². The van der Waals surface area contributed by atoms with Crippen LogP contribution in [0, 0.1) is 18.6 Å². The molecule has 0 saturated heterocycles. The number of nitrogens with zero attached hydrogens (tertiary/aromatic N) is 2. The monoisotopic (exact) mass is 271 g/mol. The van der Waals surface area contributed by atoms with E-state index in [1.165, 1.54) is 19.1 Å². The summed E-state index contributed by atoms with van der Waals surface area (Å²) >= 11 is 0. The van der Waals surface area contributed by atoms with E-state index in [0.717, 1.165) is 0 Å². The minimum atomic E-state index is -0.922. The van der Waals surface area contributed by atoms with Crippen LogP contribution in [0.25, 0.3) is 22.0 Å². The molecule has 0 bridgehead atoms. The van der Waals surface area contributed by atoms with E-state index in [-0.39, 0.29) is 22.6 Å². The summed E-state index contributed by atoms with van der Waals surface area (Å²) in [6.07, 6.45) is 0. The molecule has 5 heteroatoms. The number of aromatic nitrogens is 2. The normalized spacial score (nSPS) is 10.9. The highest BCUT2D eigenvalue weighted by Crippen LogP contribution is 2.31. The maximum atomic E-state index is 14.1. The van der Waals surface area contributed by atoms with Crippen LogP contribution < -0.4 is 5.73 Å². The van der Waals surface area contributed by atoms with Crippen LogP contribution in [-0.2, 0) is 0 Å². The van der Waals surface area contributed by atoms with Gasteiger partial charge >= 0.3 is 0 Å². The Labute approximate surface area is 114 Å². The Hall–Kier alpha value is -2.56. The number of benzene rings is 2. The molecule has 3 aromatic rings. The van der Waals surface area contributed by atoms with E-state index in [1.807, 2.05) is 0 Å². The van der Waals surface area contributed by atoms with E-state index in [1.54, 1.807) is 24.3 Å². The van der Waals surface area contributed by atoms with Gasteiger partial charge < -0.3 is 5.73 Å². The Balaban J connectivity index is 2.36. The van der Waals surface area contributed by atoms with Crippen LogP contribution in [0.3, 0.4) is 0 Å². The van der Waals surface area contributed by atoms with Crippen molar-refractivity contribution < 1.29 is 8.78 Å². The number of nitrogen functional groups attached to an aromatic ring is 1. The van der Waals surface area contributed by atoms with Crippen molar-refractivity contribution in [2.75, 3.05) is 5.73 Å². The lowest BCUT2D eigenvalue weighted by Crippen LogP contribution is -2.00. The molecule has 0 fully saturated rings. The standard InChI is InChI=1S/C15H11F2N3/c1-8-6-7-11(13(17)12(8)16)14-9-4-2-3-5-10(9)15(18)20-19-14/h2-7H,1H3,(H2,18,20). The Morgan fingerprint density at radius 3 is 2.35 bits per heavy atom. The van der Waals surface area contributed by atoms with Crippen molar-refractivity contribution in [1.29, 1.82) is 0 Å². The third-order valence-corrected chi connectivity index (χ3v) is 3.25. The largest absolute Gasteiger partial charge is 0.382 e. The van der Waals surface area contributed by atoms with Gasteiger partial charge in [0.25, 0.3) is 0 Å². The number of rotatable bonds is 1. The number of hydrogen-bond donors (Lipinski definition) is 1. The molecule has 0 amide bonds. The van der Waals surface area contributed by atoms with Gasteiger partial charge in [-0.15, -0.1) is 10.2 Å². The molecule has 0 aliphatic heterocycles. The second-order valence-electron chi connectivity index (χ2n) is 4.54. The van der Waals surface area contributed by atoms with Crippen molar-refractivity contribution in [3.8, 4) is 11.3 Å². The van der Waals surface area contributed by atoms with Crippen molar-refractivity contribution in [2.24, 2.45) is 0 Å². The first-order chi connectivity index (χ1) is 9.59. The van der Waals surface area contributed by atoms with Crippen molar-refractivity contribution in [3.63, 3.8) is 0 Å². The van der Waals surface area contributed by atoms with Crippen molar-refractivity contribution in [2.45, 2.75) is 6.92 Å². The van der Waals surface area contributed by atoms with Gasteiger partial charge in [-0.25, -0.2) is 8.78 Å². The number of hydrogen-bond acceptors (Lipinski definition) is 3. The van der Waals surface area contributed by atoms with E-state index in [4.69, 9.17) is 5.73 Å². The Morgan fingerprint density at radius 2 is 1.60 bits per heavy atom. The molecule has 0 radical (unpaired) electrons. The lowest BCUT2D eigenvalue weighted by molar-refractivity contribution is 0.505. The summed E-state index contributed by atoms with van der Waals surface area (Å²) in [5.41, 5.74) is 6.37. The fraction of sp³-hybridized carbons (Fsp3) is 0.0667. The number of halogens is 2. The lowest BCUT2D eigenvalue weighted by Gasteiger charge is -2.09. The first-order valence-corrected chi connectivity index (χ1v) is 6.05. The van der Waals surface area contributed by atoms with E-state index in [9.17, 15) is 8.78 Å². The summed E-state index contributed by atoms with van der Waals surface area (Å²) in [6.45, 7) is 1.51. The van der Waals surface area contributed by atoms with Gasteiger partial charge in [0.05, 0.1) is 0 Å². The number of anilines is 1. The minimum Gasteiger partial charge on any atom is -0.382 e. The fourth-order valence-corrected chi connectivity index (χ4v) is 2.15. The maximum Gasteiger partial charge on any atom is 0.168 e. The molecular weight excluding hydrogens is 260 g/mol. The van der Waals surface area contributed by atoms with E-state index < -0.39 is 11.6 Å². The van der Waals surface area contributed by atoms with Gasteiger partial charge in [0.2, 0.25) is 0 Å². The number of aryl methyl sites for hydroxylation is 1. The van der Waals surface area contributed by atoms with Crippen LogP contribution in [0.1, 0.15) is 5.56 Å². The predicted molar refractivity (Wildman–Crippen MR) is 74.0 cm³/mol. The molecule has 0 aliphatic carbocycles. The van der Waals surface area contributed by atoms with Crippen LogP contribution in [0.2, 0.25) is 0 Å². The molecule has 0 unspecified atom stereocenters. The van der Waals surface area contributed by atoms with Gasteiger partial charge in [-0.2, -0.15) is 0 Å². The zero-order valence-electron chi connectivity index (χ0n) is 10.7. The van der Waals surface area contributed by atoms with Gasteiger partial charge in [0.15, 0.2) is 17.5 Å². The van der Waals surface area contributed by atoms with Crippen molar-refractivity contribution in [3.05, 3.63) is 53.6 Å². The molecular formula is C15H11F2N3. The Bertz CT molecular complexity index is 816. The summed E-state index contributed by atoms with van der Waals surface area (Å²) in [5.74, 6) is -1.53. The molecule has 2 aromatic carbocycles. The zero-order chi connectivity index (χ0) is 14.3. The zero-order valence-corrected chi connectivity index (χ0v) is 10.7. The van der Waals surface area contributed by atoms with Crippen LogP contribution >= 0.6 is 0 Å². The second kappa shape index (κ2) is 4.52. The van der Waals surface area contributed by atoms with E-state index >= 15 is 0 Å². The smallest absolute Gasteiger partial charge is 0.168 e. The Morgan fingerprint density at radius 1 is 0.900 bits per heavy atom. The highest BCUT2D eigenvalue weighted by molar-refractivity contribution is 5.99. The van der Waals surface area contributed by atoms with Crippen molar-refractivity contribution >= 4 is 16.6 Å². The van der Waals surface area contributed by atoms with E-state index in [0.29, 0.717) is 10.8 Å². The van der Waals surface area contributed by atoms with Gasteiger partial charge in [-0.1, -0.05) is 30.3 Å². The van der Waals surface area contributed by atoms with Gasteiger partial charge in [0.1, 0.15) is 5.69 Å².